The van der Waals surface area contributed by atoms with E-state index in [9.17, 15) is 6.48 Å². The lowest BCUT2D eigenvalue weighted by molar-refractivity contribution is -0.0277. The van der Waals surface area contributed by atoms with Crippen LogP contribution in [0.4, 0.5) is 0 Å². The molecule has 1 saturated carbocycles. The van der Waals surface area contributed by atoms with Gasteiger partial charge in [0.15, 0.2) is 0 Å². The van der Waals surface area contributed by atoms with Gasteiger partial charge in [0.1, 0.15) is 5.75 Å². The van der Waals surface area contributed by atoms with Gasteiger partial charge in [0.2, 0.25) is 0 Å². The van der Waals surface area contributed by atoms with E-state index in [1.165, 1.54) is 0 Å². The van der Waals surface area contributed by atoms with Crippen LogP contribution in [-0.2, 0) is 0 Å². The number of benzene rings is 1. The first-order valence-electron chi connectivity index (χ1n) is 16.8. The third-order valence-corrected chi connectivity index (χ3v) is 2.25. The van der Waals surface area contributed by atoms with E-state index in [2.05, 4.69) is 0 Å². The monoisotopic (exact) mass is 300 g/mol. The van der Waals surface area contributed by atoms with Crippen molar-refractivity contribution in [2.45, 2.75) is 43.4 Å². The molecule has 0 aromatic heterocycles. The van der Waals surface area contributed by atoms with Crippen molar-refractivity contribution < 1.29 is 41.4 Å². The number of hydrogen-bond acceptors (Lipinski definition) is 3. The van der Waals surface area contributed by atoms with Gasteiger partial charge in [0.25, 0.3) is 0 Å². The summed E-state index contributed by atoms with van der Waals surface area (Å²) in [5.41, 5.74) is -7.03. The van der Waals surface area contributed by atoms with Crippen LogP contribution < -0.4 is 4.74 Å². The number of ether oxygens (including phenoxy) is 1. The van der Waals surface area contributed by atoms with Gasteiger partial charge in [-0.1, -0.05) is 31.2 Å². The summed E-state index contributed by atoms with van der Waals surface area (Å²) in [6.45, 7) is -13.2. The van der Waals surface area contributed by atoms with Gasteiger partial charge in [-0.05, 0) is 44.3 Å². The molecule has 1 atom stereocenters. The molecule has 0 bridgehead atoms. The molecule has 1 aliphatic carbocycles. The van der Waals surface area contributed by atoms with Crippen LogP contribution in [0.2, 0.25) is 0 Å². The van der Waals surface area contributed by atoms with E-state index in [4.69, 9.17) is 34.9 Å². The van der Waals surface area contributed by atoms with E-state index in [1.807, 2.05) is 0 Å². The summed E-state index contributed by atoms with van der Waals surface area (Å²) in [4.78, 5) is -1.12. The molecule has 1 aromatic rings. The SMILES string of the molecule is [2H]c1c([2H])c(C([2H])(C([2H])([2H])N(C([2H])([2H])[2H])C([2H])([2H])[2H])C2(O)C([2H])([2H])C([2H])([2H])C([2H])([2H])C([2H])([2H])C2([2H])[2H])c([2H])c([2H])c1OC. The zero-order valence-electron chi connectivity index (χ0n) is 33.3. The maximum Gasteiger partial charge on any atom is 0.118 e. The summed E-state index contributed by atoms with van der Waals surface area (Å²) >= 11 is 0. The highest BCUT2D eigenvalue weighted by Gasteiger charge is 2.38. The lowest BCUT2D eigenvalue weighted by atomic mass is 9.72. The molecule has 0 heterocycles. The Morgan fingerprint density at radius 1 is 1.45 bits per heavy atom. The van der Waals surface area contributed by atoms with Crippen LogP contribution in [-0.4, -0.2) is 43.2 Å². The molecule has 1 aliphatic rings. The predicted molar refractivity (Wildman–Crippen MR) is 82.3 cm³/mol. The van der Waals surface area contributed by atoms with Gasteiger partial charge in [-0.25, -0.2) is 0 Å². The number of hydrogen-bond donors (Lipinski definition) is 1. The minimum Gasteiger partial charge on any atom is -0.497 e. The second kappa shape index (κ2) is 6.59. The third kappa shape index (κ3) is 3.53. The minimum atomic E-state index is -5.11. The molecule has 0 saturated heterocycles. The van der Waals surface area contributed by atoms with Gasteiger partial charge in [-0.2, -0.15) is 0 Å². The van der Waals surface area contributed by atoms with Gasteiger partial charge < -0.3 is 14.7 Å². The normalized spacial score (nSPS) is 52.9. The van der Waals surface area contributed by atoms with Crippen LogP contribution in [0.1, 0.15) is 74.8 Å². The van der Waals surface area contributed by atoms with Crippen molar-refractivity contribution >= 4 is 0 Å². The molecule has 1 unspecified atom stereocenters. The maximum atomic E-state index is 12.1. The highest BCUT2D eigenvalue weighted by molar-refractivity contribution is 5.31. The summed E-state index contributed by atoms with van der Waals surface area (Å²) in [6.07, 6.45) is -22.7. The second-order valence-electron chi connectivity index (χ2n) is 3.57. The van der Waals surface area contributed by atoms with Crippen molar-refractivity contribution in [1.29, 1.82) is 0 Å². The van der Waals surface area contributed by atoms with Crippen LogP contribution in [0.15, 0.2) is 24.2 Å². The van der Waals surface area contributed by atoms with Crippen molar-refractivity contribution in [2.24, 2.45) is 0 Å². The Labute approximate surface area is 154 Å². The highest BCUT2D eigenvalue weighted by Crippen LogP contribution is 2.40. The minimum absolute atomic E-state index is 0.846. The van der Waals surface area contributed by atoms with Crippen LogP contribution >= 0.6 is 0 Å². The number of aliphatic hydroxyl groups is 1. The Morgan fingerprint density at radius 2 is 2.10 bits per heavy atom. The molecule has 1 N–H and O–H groups in total. The van der Waals surface area contributed by atoms with E-state index in [1.54, 1.807) is 0 Å². The fourth-order valence-corrected chi connectivity index (χ4v) is 1.39. The third-order valence-electron chi connectivity index (χ3n) is 2.25. The molecule has 1 aromatic carbocycles. The average molecular weight is 301 g/mol. The zero-order valence-corrected chi connectivity index (χ0v) is 10.3. The molecule has 1 fully saturated rings. The fraction of sp³-hybridized carbons (Fsp3) is 0.647. The predicted octanol–water partition coefficient (Wildman–Crippen LogP) is 3.04. The lowest BCUT2D eigenvalue weighted by Gasteiger charge is -2.40. The first-order chi connectivity index (χ1) is 18.6. The standard InChI is InChI=1S/C17H27NO2/c1-18(2)13-16(17(19)11-5-4-6-12-17)14-7-9-15(20-3)10-8-14/h7-10,16,19H,4-6,11-13H2,1-3H3/i1D3,2D3,4D2,5D2,6D2,7D,8D,9D,10D,11D2,12D2,13D2,16D. The molecule has 0 spiro atoms. The zero-order chi connectivity index (χ0) is 34.7. The maximum absolute atomic E-state index is 12.1. The Kier molecular flexibility index (Phi) is 1.09. The van der Waals surface area contributed by atoms with Gasteiger partial charge in [0.05, 0.1) is 18.2 Å². The molecule has 0 amide bonds. The van der Waals surface area contributed by atoms with Crippen LogP contribution in [0.5, 0.6) is 5.75 Å². The number of likely N-dealkylation sites (N-methyl/N-ethyl adjacent to an activating group) is 1. The number of nitrogens with zero attached hydrogens (tertiary/aromatic N) is 1. The van der Waals surface area contributed by atoms with Crippen LogP contribution in [0.25, 0.3) is 0 Å². The molecular formula is C17H27NO2. The first kappa shape index (κ1) is 3.31. The number of methoxy groups -OCH3 is 1. The Morgan fingerprint density at radius 3 is 2.65 bits per heavy atom. The molecule has 20 heavy (non-hydrogen) atoms. The van der Waals surface area contributed by atoms with E-state index in [0.717, 1.165) is 7.11 Å². The van der Waals surface area contributed by atoms with E-state index < -0.39 is 104 Å². The molecular weight excluding hydrogens is 250 g/mol. The van der Waals surface area contributed by atoms with Crippen molar-refractivity contribution in [1.82, 2.24) is 4.90 Å². The highest BCUT2D eigenvalue weighted by atomic mass is 16.5. The van der Waals surface area contributed by atoms with Gasteiger partial charge in [0, 0.05) is 38.4 Å². The summed E-state index contributed by atoms with van der Waals surface area (Å²) in [5.74, 6) is -5.80. The summed E-state index contributed by atoms with van der Waals surface area (Å²) in [7, 11) is 0.846. The molecule has 0 aliphatic heterocycles. The fourth-order valence-electron chi connectivity index (χ4n) is 1.39. The summed E-state index contributed by atoms with van der Waals surface area (Å²) in [5, 5.41) is 12.1. The average Bonchev–Trinajstić information content (AvgIpc) is 2.78. The van der Waals surface area contributed by atoms with E-state index in [0.29, 0.717) is 0 Å². The molecule has 3 nitrogen and oxygen atoms in total. The van der Waals surface area contributed by atoms with Crippen molar-refractivity contribution in [3.8, 4) is 5.75 Å². The van der Waals surface area contributed by atoms with E-state index >= 15 is 0 Å². The first-order valence-corrected chi connectivity index (χ1v) is 5.26. The smallest absolute Gasteiger partial charge is 0.118 e. The molecule has 3 heteroatoms. The van der Waals surface area contributed by atoms with Crippen LogP contribution in [0.3, 0.4) is 0 Å². The van der Waals surface area contributed by atoms with Crippen molar-refractivity contribution in [2.75, 3.05) is 27.6 Å². The molecule has 112 valence electrons. The quantitative estimate of drug-likeness (QED) is 0.907. The van der Waals surface area contributed by atoms with Gasteiger partial charge in [-0.3, -0.25) is 0 Å². The summed E-state index contributed by atoms with van der Waals surface area (Å²) in [6, 6.07) is -5.88. The Bertz CT molecular complexity index is 1210. The van der Waals surface area contributed by atoms with Crippen molar-refractivity contribution in [3.63, 3.8) is 0 Å². The van der Waals surface area contributed by atoms with Crippen molar-refractivity contribution in [3.05, 3.63) is 29.7 Å². The lowest BCUT2D eigenvalue weighted by Crippen LogP contribution is -2.42. The Balaban J connectivity index is 3.54. The summed E-state index contributed by atoms with van der Waals surface area (Å²) < 4.78 is 194. The van der Waals surface area contributed by atoms with E-state index in [-0.39, 0.29) is 0 Å². The Hall–Kier alpha value is -1.06. The molecule has 2 rings (SSSR count). The number of rotatable bonds is 5. The van der Waals surface area contributed by atoms with Gasteiger partial charge >= 0.3 is 0 Å². The second-order valence-corrected chi connectivity index (χ2v) is 3.57. The van der Waals surface area contributed by atoms with Crippen LogP contribution in [0, 0.1) is 0 Å². The van der Waals surface area contributed by atoms with Gasteiger partial charge in [-0.15, -0.1) is 0 Å². The largest absolute Gasteiger partial charge is 0.497 e. The molecule has 0 radical (unpaired) electrons. The topological polar surface area (TPSA) is 32.7 Å².